The topological polar surface area (TPSA) is 29.4 Å². The molecule has 1 heterocycles. The van der Waals surface area contributed by atoms with E-state index in [2.05, 4.69) is 4.99 Å². The van der Waals surface area contributed by atoms with E-state index >= 15 is 0 Å². The molecule has 0 N–H and O–H groups in total. The summed E-state index contributed by atoms with van der Waals surface area (Å²) in [5.74, 6) is -0.195. The average molecular weight is 270 g/mol. The fraction of sp³-hybridized carbons (Fsp3) is 0.125. The Kier molecular flexibility index (Phi) is 2.96. The van der Waals surface area contributed by atoms with E-state index in [1.165, 1.54) is 0 Å². The van der Waals surface area contributed by atoms with Gasteiger partial charge in [-0.05, 0) is 29.7 Å². The fourth-order valence-electron chi connectivity index (χ4n) is 2.32. The minimum Gasteiger partial charge on any atom is -0.267 e. The van der Waals surface area contributed by atoms with Gasteiger partial charge in [-0.1, -0.05) is 42.5 Å². The third-order valence-corrected chi connectivity index (χ3v) is 3.48. The standard InChI is InChI=1S/C16H12ClNO/c1-10-7-13(17)8-12-9-14(16(19)18-15(10)12)11-5-3-2-4-6-11/h2-9,13H,1H3. The van der Waals surface area contributed by atoms with Crippen LogP contribution >= 0.6 is 11.6 Å². The van der Waals surface area contributed by atoms with Gasteiger partial charge in [0.2, 0.25) is 0 Å². The molecule has 0 radical (unpaired) electrons. The zero-order valence-corrected chi connectivity index (χ0v) is 11.2. The Morgan fingerprint density at radius 1 is 1.16 bits per heavy atom. The number of alkyl halides is 1. The summed E-state index contributed by atoms with van der Waals surface area (Å²) in [6, 6.07) is 9.57. The molecule has 0 saturated carbocycles. The third kappa shape index (κ3) is 2.20. The van der Waals surface area contributed by atoms with Crippen LogP contribution in [0.2, 0.25) is 0 Å². The van der Waals surface area contributed by atoms with Crippen LogP contribution in [0, 0.1) is 0 Å². The van der Waals surface area contributed by atoms with Gasteiger partial charge in [0.05, 0.1) is 11.1 Å². The summed E-state index contributed by atoms with van der Waals surface area (Å²) in [6.07, 6.45) is 5.70. The molecule has 1 aliphatic heterocycles. The number of halogens is 1. The Balaban J connectivity index is 2.08. The van der Waals surface area contributed by atoms with E-state index in [1.807, 2.05) is 55.5 Å². The van der Waals surface area contributed by atoms with Gasteiger partial charge in [-0.3, -0.25) is 4.79 Å². The molecule has 3 rings (SSSR count). The summed E-state index contributed by atoms with van der Waals surface area (Å²) < 4.78 is 0. The maximum Gasteiger partial charge on any atom is 0.278 e. The third-order valence-electron chi connectivity index (χ3n) is 3.22. The summed E-state index contributed by atoms with van der Waals surface area (Å²) in [5.41, 5.74) is 4.12. The van der Waals surface area contributed by atoms with Crippen LogP contribution in [0.3, 0.4) is 0 Å². The van der Waals surface area contributed by atoms with E-state index in [9.17, 15) is 4.79 Å². The molecular weight excluding hydrogens is 258 g/mol. The first-order chi connectivity index (χ1) is 9.15. The van der Waals surface area contributed by atoms with Crippen molar-refractivity contribution in [3.63, 3.8) is 0 Å². The summed E-state index contributed by atoms with van der Waals surface area (Å²) in [7, 11) is 0. The van der Waals surface area contributed by atoms with Gasteiger partial charge in [0, 0.05) is 5.57 Å². The lowest BCUT2D eigenvalue weighted by atomic mass is 9.90. The van der Waals surface area contributed by atoms with Crippen LogP contribution in [0.5, 0.6) is 0 Å². The summed E-state index contributed by atoms with van der Waals surface area (Å²) in [6.45, 7) is 1.93. The summed E-state index contributed by atoms with van der Waals surface area (Å²) in [5, 5.41) is -0.143. The van der Waals surface area contributed by atoms with Gasteiger partial charge in [-0.15, -0.1) is 11.6 Å². The number of allylic oxidation sites excluding steroid dienone is 5. The molecule has 1 aromatic carbocycles. The molecule has 1 unspecified atom stereocenters. The maximum atomic E-state index is 12.1. The smallest absolute Gasteiger partial charge is 0.267 e. The van der Waals surface area contributed by atoms with Crippen molar-refractivity contribution in [2.45, 2.75) is 12.3 Å². The van der Waals surface area contributed by atoms with E-state index in [4.69, 9.17) is 11.6 Å². The molecule has 0 aromatic heterocycles. The number of hydrogen-bond donors (Lipinski definition) is 0. The lowest BCUT2D eigenvalue weighted by Gasteiger charge is -2.20. The minimum absolute atomic E-state index is 0.143. The van der Waals surface area contributed by atoms with Crippen molar-refractivity contribution >= 4 is 28.8 Å². The summed E-state index contributed by atoms with van der Waals surface area (Å²) in [4.78, 5) is 16.3. The van der Waals surface area contributed by atoms with Crippen molar-refractivity contribution in [1.29, 1.82) is 0 Å². The van der Waals surface area contributed by atoms with E-state index in [-0.39, 0.29) is 11.3 Å². The van der Waals surface area contributed by atoms with Crippen molar-refractivity contribution in [2.24, 2.45) is 4.99 Å². The Morgan fingerprint density at radius 3 is 2.63 bits per heavy atom. The number of carbonyl (C=O) groups excluding carboxylic acids is 1. The normalized spacial score (nSPS) is 22.0. The van der Waals surface area contributed by atoms with E-state index in [1.54, 1.807) is 0 Å². The highest BCUT2D eigenvalue weighted by atomic mass is 35.5. The minimum atomic E-state index is -0.195. The molecule has 1 aromatic rings. The van der Waals surface area contributed by atoms with E-state index < -0.39 is 0 Å². The molecule has 2 nitrogen and oxygen atoms in total. The van der Waals surface area contributed by atoms with Crippen molar-refractivity contribution in [3.8, 4) is 0 Å². The molecule has 0 spiro atoms. The van der Waals surface area contributed by atoms with Gasteiger partial charge >= 0.3 is 0 Å². The zero-order valence-electron chi connectivity index (χ0n) is 10.4. The summed E-state index contributed by atoms with van der Waals surface area (Å²) >= 11 is 6.14. The molecule has 2 aliphatic rings. The van der Waals surface area contributed by atoms with Gasteiger partial charge in [-0.2, -0.15) is 0 Å². The number of carbonyl (C=O) groups is 1. The van der Waals surface area contributed by atoms with Crippen molar-refractivity contribution in [2.75, 3.05) is 0 Å². The van der Waals surface area contributed by atoms with Gasteiger partial charge in [0.15, 0.2) is 0 Å². The van der Waals surface area contributed by atoms with Crippen molar-refractivity contribution < 1.29 is 4.79 Å². The van der Waals surface area contributed by atoms with Crippen LogP contribution < -0.4 is 0 Å². The Morgan fingerprint density at radius 2 is 1.89 bits per heavy atom. The van der Waals surface area contributed by atoms with Gasteiger partial charge in [0.25, 0.3) is 5.91 Å². The first-order valence-corrected chi connectivity index (χ1v) is 6.54. The first-order valence-electron chi connectivity index (χ1n) is 6.10. The fourth-order valence-corrected chi connectivity index (χ4v) is 2.64. The van der Waals surface area contributed by atoms with Gasteiger partial charge in [0.1, 0.15) is 0 Å². The Bertz CT molecular complexity index is 665. The second-order valence-electron chi connectivity index (χ2n) is 4.61. The maximum absolute atomic E-state index is 12.1. The average Bonchev–Trinajstić information content (AvgIpc) is 2.40. The lowest BCUT2D eigenvalue weighted by molar-refractivity contribution is -0.112. The number of rotatable bonds is 1. The van der Waals surface area contributed by atoms with Gasteiger partial charge < -0.3 is 0 Å². The molecular formula is C16H12ClNO. The van der Waals surface area contributed by atoms with Crippen LogP contribution in [0.25, 0.3) is 5.57 Å². The largest absolute Gasteiger partial charge is 0.278 e. The van der Waals surface area contributed by atoms with Crippen LogP contribution in [0.1, 0.15) is 12.5 Å². The number of dihydropyridines is 1. The second kappa shape index (κ2) is 4.63. The predicted molar refractivity (Wildman–Crippen MR) is 78.3 cm³/mol. The van der Waals surface area contributed by atoms with Crippen molar-refractivity contribution in [1.82, 2.24) is 0 Å². The van der Waals surface area contributed by atoms with Crippen molar-refractivity contribution in [3.05, 3.63) is 65.3 Å². The number of fused-ring (bicyclic) bond motifs is 1. The number of amides is 1. The molecule has 0 fully saturated rings. The van der Waals surface area contributed by atoms with E-state index in [0.717, 1.165) is 22.4 Å². The zero-order chi connectivity index (χ0) is 13.4. The number of hydrogen-bond acceptors (Lipinski definition) is 1. The quantitative estimate of drug-likeness (QED) is 0.717. The molecule has 0 saturated heterocycles. The molecule has 94 valence electrons. The molecule has 1 atom stereocenters. The molecule has 1 amide bonds. The molecule has 1 aliphatic carbocycles. The van der Waals surface area contributed by atoms with E-state index in [0.29, 0.717) is 5.57 Å². The number of nitrogens with zero attached hydrogens (tertiary/aromatic N) is 1. The SMILES string of the molecule is CC1=CC(Cl)C=C2C=C(c3ccccc3)C(=O)N=C12. The van der Waals surface area contributed by atoms with Crippen LogP contribution in [0.15, 0.2) is 64.7 Å². The van der Waals surface area contributed by atoms with Gasteiger partial charge in [-0.25, -0.2) is 4.99 Å². The molecule has 19 heavy (non-hydrogen) atoms. The number of benzene rings is 1. The Hall–Kier alpha value is -1.93. The number of aliphatic imine (C=N–C) groups is 1. The van der Waals surface area contributed by atoms with Crippen LogP contribution in [-0.4, -0.2) is 17.0 Å². The molecule has 0 bridgehead atoms. The monoisotopic (exact) mass is 269 g/mol. The first kappa shape index (κ1) is 12.1. The lowest BCUT2D eigenvalue weighted by Crippen LogP contribution is -2.18. The highest BCUT2D eigenvalue weighted by molar-refractivity contribution is 6.34. The molecule has 3 heteroatoms. The Labute approximate surface area is 116 Å². The van der Waals surface area contributed by atoms with Crippen LogP contribution in [0.4, 0.5) is 0 Å². The predicted octanol–water partition coefficient (Wildman–Crippen LogP) is 3.54. The highest BCUT2D eigenvalue weighted by Crippen LogP contribution is 2.29. The second-order valence-corrected chi connectivity index (χ2v) is 5.11. The van der Waals surface area contributed by atoms with Crippen LogP contribution in [-0.2, 0) is 4.79 Å². The highest BCUT2D eigenvalue weighted by Gasteiger charge is 2.24.